The van der Waals surface area contributed by atoms with Gasteiger partial charge in [-0.2, -0.15) is 11.8 Å². The van der Waals surface area contributed by atoms with E-state index in [9.17, 15) is 0 Å². The number of ether oxygens (including phenoxy) is 2. The number of thioether (sulfide) groups is 1. The molecule has 0 spiro atoms. The Kier molecular flexibility index (Phi) is 3.52. The summed E-state index contributed by atoms with van der Waals surface area (Å²) in [4.78, 5) is 0. The van der Waals surface area contributed by atoms with Crippen molar-refractivity contribution in [3.05, 3.63) is 0 Å². The van der Waals surface area contributed by atoms with E-state index in [0.29, 0.717) is 18.1 Å². The average molecular weight is 162 g/mol. The van der Waals surface area contributed by atoms with Crippen molar-refractivity contribution in [2.75, 3.05) is 19.7 Å². The molecular weight excluding hydrogens is 148 g/mol. The van der Waals surface area contributed by atoms with Crippen LogP contribution in [0.25, 0.3) is 0 Å². The summed E-state index contributed by atoms with van der Waals surface area (Å²) in [5.74, 6) is 0. The van der Waals surface area contributed by atoms with Crippen molar-refractivity contribution in [3.63, 3.8) is 0 Å². The Balaban J connectivity index is 2.24. The Labute approximate surface area is 66.3 Å². The number of rotatable bonds is 2. The zero-order chi connectivity index (χ0) is 7.40. The zero-order valence-electron chi connectivity index (χ0n) is 6.50. The van der Waals surface area contributed by atoms with Crippen LogP contribution < -0.4 is 0 Å². The fraction of sp³-hybridized carbons (Fsp3) is 1.00. The highest BCUT2D eigenvalue weighted by Crippen LogP contribution is 2.18. The highest BCUT2D eigenvalue weighted by atomic mass is 32.2. The van der Waals surface area contributed by atoms with Gasteiger partial charge in [0.25, 0.3) is 0 Å². The molecule has 2 nitrogen and oxygen atoms in total. The summed E-state index contributed by atoms with van der Waals surface area (Å²) in [6, 6.07) is 0. The summed E-state index contributed by atoms with van der Waals surface area (Å²) in [5, 5.41) is 0.601. The maximum Gasteiger partial charge on any atom is 0.147 e. The van der Waals surface area contributed by atoms with Gasteiger partial charge in [-0.3, -0.25) is 0 Å². The minimum Gasteiger partial charge on any atom is -0.355 e. The van der Waals surface area contributed by atoms with Crippen LogP contribution in [0, 0.1) is 0 Å². The van der Waals surface area contributed by atoms with Crippen LogP contribution in [-0.2, 0) is 9.47 Å². The predicted octanol–water partition coefficient (Wildman–Crippen LogP) is 1.50. The molecule has 0 radical (unpaired) electrons. The van der Waals surface area contributed by atoms with Crippen LogP contribution in [0.2, 0.25) is 0 Å². The molecule has 0 saturated carbocycles. The van der Waals surface area contributed by atoms with Gasteiger partial charge >= 0.3 is 0 Å². The second-order valence-corrected chi connectivity index (χ2v) is 3.68. The van der Waals surface area contributed by atoms with Gasteiger partial charge in [0, 0.05) is 5.25 Å². The summed E-state index contributed by atoms with van der Waals surface area (Å²) in [7, 11) is 0. The fourth-order valence-corrected chi connectivity index (χ4v) is 1.52. The first-order valence-corrected chi connectivity index (χ1v) is 4.85. The van der Waals surface area contributed by atoms with Crippen LogP contribution in [-0.4, -0.2) is 31.0 Å². The van der Waals surface area contributed by atoms with E-state index >= 15 is 0 Å². The Morgan fingerprint density at radius 2 is 2.40 bits per heavy atom. The lowest BCUT2D eigenvalue weighted by molar-refractivity contribution is -0.137. The molecule has 0 aliphatic carbocycles. The van der Waals surface area contributed by atoms with E-state index in [-0.39, 0.29) is 0 Å². The molecule has 2 unspecified atom stereocenters. The first kappa shape index (κ1) is 8.37. The van der Waals surface area contributed by atoms with Gasteiger partial charge in [-0.05, 0) is 12.7 Å². The molecule has 0 aromatic heterocycles. The topological polar surface area (TPSA) is 18.5 Å². The minimum atomic E-state index is 0.406. The molecule has 2 atom stereocenters. The minimum absolute atomic E-state index is 0.406. The number of hydrogen-bond donors (Lipinski definition) is 0. The molecule has 0 aromatic carbocycles. The van der Waals surface area contributed by atoms with Gasteiger partial charge < -0.3 is 9.47 Å². The highest BCUT2D eigenvalue weighted by Gasteiger charge is 2.19. The molecule has 1 saturated heterocycles. The van der Waals surface area contributed by atoms with Gasteiger partial charge in [-0.25, -0.2) is 0 Å². The van der Waals surface area contributed by atoms with Crippen molar-refractivity contribution in [1.82, 2.24) is 0 Å². The summed E-state index contributed by atoms with van der Waals surface area (Å²) < 4.78 is 10.5. The Hall–Kier alpha value is 0.270. The van der Waals surface area contributed by atoms with Gasteiger partial charge in [0.2, 0.25) is 0 Å². The molecule has 0 amide bonds. The molecule has 1 fully saturated rings. The molecule has 1 aliphatic rings. The van der Waals surface area contributed by atoms with Gasteiger partial charge in [-0.15, -0.1) is 0 Å². The zero-order valence-corrected chi connectivity index (χ0v) is 7.32. The van der Waals surface area contributed by atoms with E-state index in [0.717, 1.165) is 13.0 Å². The van der Waals surface area contributed by atoms with E-state index in [2.05, 4.69) is 13.2 Å². The van der Waals surface area contributed by atoms with Crippen LogP contribution in [0.3, 0.4) is 0 Å². The maximum absolute atomic E-state index is 5.39. The summed E-state index contributed by atoms with van der Waals surface area (Å²) >= 11 is 1.85. The molecule has 10 heavy (non-hydrogen) atoms. The summed E-state index contributed by atoms with van der Waals surface area (Å²) in [6.45, 7) is 3.53. The Morgan fingerprint density at radius 3 is 2.90 bits per heavy atom. The van der Waals surface area contributed by atoms with Gasteiger partial charge in [-0.1, -0.05) is 6.92 Å². The fourth-order valence-electron chi connectivity index (χ4n) is 0.999. The van der Waals surface area contributed by atoms with Crippen LogP contribution in [0.15, 0.2) is 0 Å². The average Bonchev–Trinajstić information content (AvgIpc) is 2.05. The first-order chi connectivity index (χ1) is 4.84. The highest BCUT2D eigenvalue weighted by molar-refractivity contribution is 7.99. The normalized spacial score (nSPS) is 30.0. The van der Waals surface area contributed by atoms with E-state index in [4.69, 9.17) is 9.47 Å². The third kappa shape index (κ3) is 2.15. The van der Waals surface area contributed by atoms with E-state index in [1.165, 1.54) is 0 Å². The van der Waals surface area contributed by atoms with Gasteiger partial charge in [0.1, 0.15) is 6.79 Å². The quantitative estimate of drug-likeness (QED) is 0.613. The Bertz CT molecular complexity index is 91.6. The smallest absolute Gasteiger partial charge is 0.147 e. The molecular formula is C7H14O2S. The van der Waals surface area contributed by atoms with Gasteiger partial charge in [0.05, 0.1) is 12.7 Å². The van der Waals surface area contributed by atoms with Crippen molar-refractivity contribution in [1.29, 1.82) is 0 Å². The number of hydrogen-bond acceptors (Lipinski definition) is 3. The molecule has 0 aromatic rings. The second-order valence-electron chi connectivity index (χ2n) is 2.46. The molecule has 60 valence electrons. The summed E-state index contributed by atoms with van der Waals surface area (Å²) in [6.07, 6.45) is 3.56. The molecule has 1 rings (SSSR count). The van der Waals surface area contributed by atoms with Gasteiger partial charge in [0.15, 0.2) is 0 Å². The van der Waals surface area contributed by atoms with Crippen LogP contribution >= 0.6 is 11.8 Å². The predicted molar refractivity (Wildman–Crippen MR) is 43.3 cm³/mol. The van der Waals surface area contributed by atoms with E-state index < -0.39 is 0 Å². The second kappa shape index (κ2) is 4.21. The van der Waals surface area contributed by atoms with Crippen molar-refractivity contribution < 1.29 is 9.47 Å². The van der Waals surface area contributed by atoms with E-state index in [1.807, 2.05) is 11.8 Å². The van der Waals surface area contributed by atoms with Crippen molar-refractivity contribution in [3.8, 4) is 0 Å². The SMILES string of the molecule is CSC(C)C1CCOCO1. The molecule has 0 bridgehead atoms. The molecule has 1 aliphatic heterocycles. The first-order valence-electron chi connectivity index (χ1n) is 3.56. The van der Waals surface area contributed by atoms with Crippen molar-refractivity contribution in [2.24, 2.45) is 0 Å². The maximum atomic E-state index is 5.39. The lowest BCUT2D eigenvalue weighted by Gasteiger charge is -2.26. The van der Waals surface area contributed by atoms with Crippen molar-refractivity contribution >= 4 is 11.8 Å². The van der Waals surface area contributed by atoms with E-state index in [1.54, 1.807) is 0 Å². The monoisotopic (exact) mass is 162 g/mol. The van der Waals surface area contributed by atoms with Crippen LogP contribution in [0.4, 0.5) is 0 Å². The largest absolute Gasteiger partial charge is 0.355 e. The molecule has 3 heteroatoms. The standard InChI is InChI=1S/C7H14O2S/c1-6(10-2)7-3-4-8-5-9-7/h6-7H,3-5H2,1-2H3. The molecule has 0 N–H and O–H groups in total. The lowest BCUT2D eigenvalue weighted by Crippen LogP contribution is -2.30. The summed E-state index contributed by atoms with van der Waals surface area (Å²) in [5.41, 5.74) is 0. The van der Waals surface area contributed by atoms with Crippen LogP contribution in [0.5, 0.6) is 0 Å². The van der Waals surface area contributed by atoms with Crippen LogP contribution in [0.1, 0.15) is 13.3 Å². The third-order valence-electron chi connectivity index (χ3n) is 1.81. The lowest BCUT2D eigenvalue weighted by atomic mass is 10.2. The van der Waals surface area contributed by atoms with Crippen molar-refractivity contribution in [2.45, 2.75) is 24.7 Å². The third-order valence-corrected chi connectivity index (χ3v) is 2.85. The Morgan fingerprint density at radius 1 is 1.60 bits per heavy atom. The molecule has 1 heterocycles.